The largest absolute Gasteiger partial charge is 0.508 e. The summed E-state index contributed by atoms with van der Waals surface area (Å²) in [5.74, 6) is -0.422. The highest BCUT2D eigenvalue weighted by molar-refractivity contribution is 5.98. The Morgan fingerprint density at radius 2 is 2.10 bits per heavy atom. The maximum Gasteiger partial charge on any atom is 0.328 e. The molecule has 1 heterocycles. The van der Waals surface area contributed by atoms with Gasteiger partial charge < -0.3 is 14.7 Å². The van der Waals surface area contributed by atoms with Crippen LogP contribution in [0.3, 0.4) is 0 Å². The monoisotopic (exact) mass is 277 g/mol. The van der Waals surface area contributed by atoms with Crippen LogP contribution < -0.4 is 0 Å². The second-order valence-electron chi connectivity index (χ2n) is 5.03. The fraction of sp³-hybridized carbons (Fsp3) is 0.467. The zero-order valence-electron chi connectivity index (χ0n) is 11.8. The molecule has 1 fully saturated rings. The lowest BCUT2D eigenvalue weighted by Gasteiger charge is -2.34. The van der Waals surface area contributed by atoms with Gasteiger partial charge in [-0.1, -0.05) is 0 Å². The third kappa shape index (κ3) is 2.76. The van der Waals surface area contributed by atoms with Gasteiger partial charge in [0.15, 0.2) is 0 Å². The number of methoxy groups -OCH3 is 1. The van der Waals surface area contributed by atoms with Crippen LogP contribution in [-0.2, 0) is 9.53 Å². The van der Waals surface area contributed by atoms with Crippen molar-refractivity contribution < 1.29 is 19.4 Å². The van der Waals surface area contributed by atoms with Crippen LogP contribution in [0, 0.1) is 6.92 Å². The second-order valence-corrected chi connectivity index (χ2v) is 5.03. The number of phenolic OH excluding ortho intramolecular Hbond substituents is 1. The molecule has 5 nitrogen and oxygen atoms in total. The maximum atomic E-state index is 12.6. The fourth-order valence-corrected chi connectivity index (χ4v) is 2.60. The molecule has 0 spiro atoms. The first-order valence-electron chi connectivity index (χ1n) is 6.73. The van der Waals surface area contributed by atoms with Crippen molar-refractivity contribution in [2.45, 2.75) is 32.2 Å². The Morgan fingerprint density at radius 3 is 2.75 bits per heavy atom. The Hall–Kier alpha value is -2.04. The van der Waals surface area contributed by atoms with E-state index in [-0.39, 0.29) is 17.6 Å². The summed E-state index contributed by atoms with van der Waals surface area (Å²) in [6.07, 6.45) is 2.43. The Labute approximate surface area is 118 Å². The van der Waals surface area contributed by atoms with Gasteiger partial charge in [0, 0.05) is 12.1 Å². The molecule has 0 bridgehead atoms. The highest BCUT2D eigenvalue weighted by atomic mass is 16.5. The van der Waals surface area contributed by atoms with E-state index < -0.39 is 6.04 Å². The maximum absolute atomic E-state index is 12.6. The van der Waals surface area contributed by atoms with E-state index in [0.29, 0.717) is 24.1 Å². The standard InChI is InChI=1S/C15H19NO4/c1-10-9-11(17)6-7-12(10)14(18)16-8-4-3-5-13(16)15(19)20-2/h6-7,9,13,17H,3-5,8H2,1-2H3/t13-/m1/s1. The van der Waals surface area contributed by atoms with Crippen LogP contribution in [0.1, 0.15) is 35.2 Å². The summed E-state index contributed by atoms with van der Waals surface area (Å²) in [7, 11) is 1.34. The minimum Gasteiger partial charge on any atom is -0.508 e. The van der Waals surface area contributed by atoms with Gasteiger partial charge in [-0.25, -0.2) is 4.79 Å². The van der Waals surface area contributed by atoms with E-state index in [2.05, 4.69) is 0 Å². The molecule has 5 heteroatoms. The number of piperidine rings is 1. The number of amides is 1. The molecule has 1 aliphatic rings. The van der Waals surface area contributed by atoms with Crippen LogP contribution in [0.4, 0.5) is 0 Å². The quantitative estimate of drug-likeness (QED) is 0.838. The zero-order chi connectivity index (χ0) is 14.7. The van der Waals surface area contributed by atoms with Crippen molar-refractivity contribution in [3.8, 4) is 5.75 Å². The van der Waals surface area contributed by atoms with E-state index in [0.717, 1.165) is 12.8 Å². The molecular formula is C15H19NO4. The molecule has 1 saturated heterocycles. The summed E-state index contributed by atoms with van der Waals surface area (Å²) >= 11 is 0. The topological polar surface area (TPSA) is 66.8 Å². The summed E-state index contributed by atoms with van der Waals surface area (Å²) < 4.78 is 4.78. The van der Waals surface area contributed by atoms with Gasteiger partial charge in [-0.15, -0.1) is 0 Å². The van der Waals surface area contributed by atoms with E-state index in [4.69, 9.17) is 4.74 Å². The number of ether oxygens (including phenoxy) is 1. The molecule has 1 aromatic rings. The van der Waals surface area contributed by atoms with Gasteiger partial charge in [-0.2, -0.15) is 0 Å². The number of aryl methyl sites for hydroxylation is 1. The SMILES string of the molecule is COC(=O)[C@H]1CCCCN1C(=O)c1ccc(O)cc1C. The summed E-state index contributed by atoms with van der Waals surface area (Å²) in [6.45, 7) is 2.32. The van der Waals surface area contributed by atoms with E-state index in [1.807, 2.05) is 0 Å². The average Bonchev–Trinajstić information content (AvgIpc) is 2.46. The van der Waals surface area contributed by atoms with Crippen molar-refractivity contribution in [3.63, 3.8) is 0 Å². The van der Waals surface area contributed by atoms with Gasteiger partial charge in [-0.05, 0) is 49.9 Å². The van der Waals surface area contributed by atoms with Gasteiger partial charge in [0.1, 0.15) is 11.8 Å². The van der Waals surface area contributed by atoms with Crippen molar-refractivity contribution in [2.75, 3.05) is 13.7 Å². The first kappa shape index (κ1) is 14.4. The van der Waals surface area contributed by atoms with Crippen LogP contribution in [0.2, 0.25) is 0 Å². The van der Waals surface area contributed by atoms with E-state index in [9.17, 15) is 14.7 Å². The van der Waals surface area contributed by atoms with E-state index in [1.54, 1.807) is 24.0 Å². The number of likely N-dealkylation sites (tertiary alicyclic amines) is 1. The lowest BCUT2D eigenvalue weighted by atomic mass is 9.99. The van der Waals surface area contributed by atoms with Crippen molar-refractivity contribution in [1.82, 2.24) is 4.90 Å². The molecule has 0 aliphatic carbocycles. The predicted octanol–water partition coefficient (Wildman–Crippen LogP) is 1.87. The van der Waals surface area contributed by atoms with Crippen LogP contribution in [-0.4, -0.2) is 41.6 Å². The Morgan fingerprint density at radius 1 is 1.35 bits per heavy atom. The number of benzene rings is 1. The number of aromatic hydroxyl groups is 1. The Bertz CT molecular complexity index is 527. The third-order valence-electron chi connectivity index (χ3n) is 3.68. The molecule has 0 unspecified atom stereocenters. The van der Waals surface area contributed by atoms with Crippen LogP contribution >= 0.6 is 0 Å². The Balaban J connectivity index is 2.27. The van der Waals surface area contributed by atoms with Crippen LogP contribution in [0.25, 0.3) is 0 Å². The minimum absolute atomic E-state index is 0.127. The first-order chi connectivity index (χ1) is 9.54. The van der Waals surface area contributed by atoms with Crippen molar-refractivity contribution in [1.29, 1.82) is 0 Å². The molecule has 0 radical (unpaired) electrons. The molecule has 1 aromatic carbocycles. The first-order valence-corrected chi connectivity index (χ1v) is 6.73. The second kappa shape index (κ2) is 5.94. The van der Waals surface area contributed by atoms with Crippen LogP contribution in [0.5, 0.6) is 5.75 Å². The highest BCUT2D eigenvalue weighted by Crippen LogP contribution is 2.23. The smallest absolute Gasteiger partial charge is 0.328 e. The molecule has 0 saturated carbocycles. The number of carbonyl (C=O) groups excluding carboxylic acids is 2. The molecule has 1 atom stereocenters. The van der Waals surface area contributed by atoms with Gasteiger partial charge in [0.2, 0.25) is 0 Å². The molecule has 20 heavy (non-hydrogen) atoms. The molecule has 0 aromatic heterocycles. The highest BCUT2D eigenvalue weighted by Gasteiger charge is 2.33. The fourth-order valence-electron chi connectivity index (χ4n) is 2.60. The lowest BCUT2D eigenvalue weighted by molar-refractivity contribution is -0.147. The summed E-state index contributed by atoms with van der Waals surface area (Å²) in [5.41, 5.74) is 1.21. The van der Waals surface area contributed by atoms with Crippen molar-refractivity contribution >= 4 is 11.9 Å². The number of hydrogen-bond donors (Lipinski definition) is 1. The van der Waals surface area contributed by atoms with E-state index >= 15 is 0 Å². The normalized spacial score (nSPS) is 18.7. The van der Waals surface area contributed by atoms with E-state index in [1.165, 1.54) is 13.2 Å². The number of nitrogens with zero attached hydrogens (tertiary/aromatic N) is 1. The van der Waals surface area contributed by atoms with Gasteiger partial charge >= 0.3 is 5.97 Å². The van der Waals surface area contributed by atoms with Gasteiger partial charge in [0.25, 0.3) is 5.91 Å². The lowest BCUT2D eigenvalue weighted by Crippen LogP contribution is -2.48. The van der Waals surface area contributed by atoms with Crippen LogP contribution in [0.15, 0.2) is 18.2 Å². The molecule has 2 rings (SSSR count). The summed E-state index contributed by atoms with van der Waals surface area (Å²) in [4.78, 5) is 26.0. The zero-order valence-corrected chi connectivity index (χ0v) is 11.8. The number of hydrogen-bond acceptors (Lipinski definition) is 4. The van der Waals surface area contributed by atoms with Gasteiger partial charge in [-0.3, -0.25) is 4.79 Å². The Kier molecular flexibility index (Phi) is 4.27. The van der Waals surface area contributed by atoms with Gasteiger partial charge in [0.05, 0.1) is 7.11 Å². The number of rotatable bonds is 2. The number of phenols is 1. The number of carbonyl (C=O) groups is 2. The van der Waals surface area contributed by atoms with Crippen molar-refractivity contribution in [3.05, 3.63) is 29.3 Å². The summed E-state index contributed by atoms with van der Waals surface area (Å²) in [5, 5.41) is 9.41. The molecule has 1 amide bonds. The predicted molar refractivity (Wildman–Crippen MR) is 73.5 cm³/mol. The summed E-state index contributed by atoms with van der Waals surface area (Å²) in [6, 6.07) is 4.12. The molecule has 108 valence electrons. The molecule has 1 aliphatic heterocycles. The number of esters is 1. The molecular weight excluding hydrogens is 258 g/mol. The average molecular weight is 277 g/mol. The van der Waals surface area contributed by atoms with Crippen molar-refractivity contribution in [2.24, 2.45) is 0 Å². The third-order valence-corrected chi connectivity index (χ3v) is 3.68. The molecule has 1 N–H and O–H groups in total. The minimum atomic E-state index is -0.505.